The van der Waals surface area contributed by atoms with E-state index in [1.165, 1.54) is 6.07 Å². The first-order chi connectivity index (χ1) is 8.39. The van der Waals surface area contributed by atoms with Crippen LogP contribution in [0.2, 0.25) is 0 Å². The molecule has 1 atom stereocenters. The molecule has 0 N–H and O–H groups in total. The summed E-state index contributed by atoms with van der Waals surface area (Å²) < 4.78 is 22.3. The molecule has 0 aromatic carbocycles. The van der Waals surface area contributed by atoms with Crippen LogP contribution in [-0.4, -0.2) is 31.8 Å². The summed E-state index contributed by atoms with van der Waals surface area (Å²) in [5, 5.41) is 1.55. The van der Waals surface area contributed by atoms with Crippen molar-refractivity contribution < 1.29 is 13.2 Å². The van der Waals surface area contributed by atoms with Gasteiger partial charge in [0.25, 0.3) is 15.0 Å². The second kappa shape index (κ2) is 5.19. The molecule has 1 fully saturated rings. The first-order valence-corrected chi connectivity index (χ1v) is 8.92. The Morgan fingerprint density at radius 1 is 1.50 bits per heavy atom. The van der Waals surface area contributed by atoms with Crippen LogP contribution in [0.15, 0.2) is 15.7 Å². The summed E-state index contributed by atoms with van der Waals surface area (Å²) in [7, 11) is 1.51. The molecule has 1 aromatic heterocycles. The van der Waals surface area contributed by atoms with Crippen LogP contribution in [0.1, 0.15) is 36.5 Å². The fourth-order valence-corrected chi connectivity index (χ4v) is 4.06. The van der Waals surface area contributed by atoms with E-state index in [-0.39, 0.29) is 16.2 Å². The van der Waals surface area contributed by atoms with Crippen LogP contribution in [0, 0.1) is 0 Å². The highest BCUT2D eigenvalue weighted by molar-refractivity contribution is 8.15. The van der Waals surface area contributed by atoms with Gasteiger partial charge in [-0.25, -0.2) is 8.42 Å². The predicted molar refractivity (Wildman–Crippen MR) is 71.7 cm³/mol. The van der Waals surface area contributed by atoms with Crippen molar-refractivity contribution in [2.24, 2.45) is 0 Å². The Morgan fingerprint density at radius 3 is 2.78 bits per heavy atom. The van der Waals surface area contributed by atoms with E-state index in [4.69, 9.17) is 10.7 Å². The Bertz CT molecular complexity index is 552. The molecule has 2 heterocycles. The number of nitrogens with zero attached hydrogens (tertiary/aromatic N) is 1. The van der Waals surface area contributed by atoms with Gasteiger partial charge in [0.05, 0.1) is 5.56 Å². The molecule has 0 bridgehead atoms. The quantitative estimate of drug-likeness (QED) is 0.789. The normalized spacial score (nSPS) is 21.0. The van der Waals surface area contributed by atoms with Gasteiger partial charge < -0.3 is 4.90 Å². The van der Waals surface area contributed by atoms with Gasteiger partial charge in [0.1, 0.15) is 4.21 Å². The van der Waals surface area contributed by atoms with Gasteiger partial charge in [-0.15, -0.1) is 11.3 Å². The fourth-order valence-electron chi connectivity index (χ4n) is 2.12. The van der Waals surface area contributed by atoms with Gasteiger partial charge in [-0.1, -0.05) is 0 Å². The lowest BCUT2D eigenvalue weighted by atomic mass is 10.0. The largest absolute Gasteiger partial charge is 0.336 e. The Morgan fingerprint density at radius 2 is 2.22 bits per heavy atom. The number of likely N-dealkylation sites (tertiary alicyclic amines) is 1. The molecule has 2 rings (SSSR count). The molecule has 1 aliphatic heterocycles. The molecule has 7 heteroatoms. The number of halogens is 1. The summed E-state index contributed by atoms with van der Waals surface area (Å²) in [6.45, 7) is 2.75. The molecule has 100 valence electrons. The Balaban J connectivity index is 2.21. The summed E-state index contributed by atoms with van der Waals surface area (Å²) in [6, 6.07) is 1.57. The van der Waals surface area contributed by atoms with Crippen LogP contribution >= 0.6 is 22.0 Å². The number of hydrogen-bond acceptors (Lipinski definition) is 4. The van der Waals surface area contributed by atoms with Gasteiger partial charge in [0.15, 0.2) is 0 Å². The molecule has 1 unspecified atom stereocenters. The second-order valence-electron chi connectivity index (χ2n) is 4.44. The van der Waals surface area contributed by atoms with Gasteiger partial charge >= 0.3 is 0 Å². The van der Waals surface area contributed by atoms with Crippen molar-refractivity contribution in [3.05, 3.63) is 17.0 Å². The van der Waals surface area contributed by atoms with Crippen molar-refractivity contribution in [3.63, 3.8) is 0 Å². The van der Waals surface area contributed by atoms with E-state index in [9.17, 15) is 13.2 Å². The predicted octanol–water partition coefficient (Wildman–Crippen LogP) is 2.69. The Hall–Kier alpha value is -0.590. The molecule has 0 saturated carbocycles. The van der Waals surface area contributed by atoms with E-state index < -0.39 is 9.05 Å². The second-order valence-corrected chi connectivity index (χ2v) is 8.14. The standard InChI is InChI=1S/C11H14ClNO3S2/c1-8-4-2-3-5-13(8)11(14)9-6-10(17-7-9)18(12,15)16/h6-8H,2-5H2,1H3. The maximum Gasteiger partial charge on any atom is 0.270 e. The third-order valence-corrected chi connectivity index (χ3v) is 6.17. The highest BCUT2D eigenvalue weighted by Gasteiger charge is 2.26. The summed E-state index contributed by atoms with van der Waals surface area (Å²) in [6.07, 6.45) is 3.13. The zero-order valence-electron chi connectivity index (χ0n) is 9.93. The van der Waals surface area contributed by atoms with E-state index >= 15 is 0 Å². The first-order valence-electron chi connectivity index (χ1n) is 5.74. The number of thiophene rings is 1. The zero-order valence-corrected chi connectivity index (χ0v) is 12.3. The van der Waals surface area contributed by atoms with Crippen LogP contribution in [-0.2, 0) is 9.05 Å². The summed E-state index contributed by atoms with van der Waals surface area (Å²) in [5.74, 6) is -0.106. The van der Waals surface area contributed by atoms with Crippen LogP contribution in [0.25, 0.3) is 0 Å². The number of rotatable bonds is 2. The molecule has 4 nitrogen and oxygen atoms in total. The molecule has 1 amide bonds. The van der Waals surface area contributed by atoms with Gasteiger partial charge in [-0.3, -0.25) is 4.79 Å². The van der Waals surface area contributed by atoms with Crippen LogP contribution in [0.4, 0.5) is 0 Å². The third-order valence-electron chi connectivity index (χ3n) is 3.13. The van der Waals surface area contributed by atoms with Crippen LogP contribution in [0.5, 0.6) is 0 Å². The number of piperidine rings is 1. The highest BCUT2D eigenvalue weighted by atomic mass is 35.7. The molecule has 1 saturated heterocycles. The van der Waals surface area contributed by atoms with Crippen molar-refractivity contribution >= 4 is 37.0 Å². The van der Waals surface area contributed by atoms with Gasteiger partial charge in [-0.05, 0) is 32.3 Å². The number of carbonyl (C=O) groups excluding carboxylic acids is 1. The minimum Gasteiger partial charge on any atom is -0.336 e. The third kappa shape index (κ3) is 2.87. The maximum absolute atomic E-state index is 12.2. The van der Waals surface area contributed by atoms with E-state index in [0.29, 0.717) is 5.56 Å². The van der Waals surface area contributed by atoms with E-state index in [1.54, 1.807) is 10.3 Å². The van der Waals surface area contributed by atoms with Crippen LogP contribution < -0.4 is 0 Å². The lowest BCUT2D eigenvalue weighted by Gasteiger charge is -2.33. The molecule has 0 radical (unpaired) electrons. The van der Waals surface area contributed by atoms with Crippen molar-refractivity contribution in [3.8, 4) is 0 Å². The van der Waals surface area contributed by atoms with Gasteiger partial charge in [0, 0.05) is 28.6 Å². The number of amides is 1. The zero-order chi connectivity index (χ0) is 13.3. The Labute approximate surface area is 115 Å². The van der Waals surface area contributed by atoms with Crippen molar-refractivity contribution in [1.82, 2.24) is 4.90 Å². The highest BCUT2D eigenvalue weighted by Crippen LogP contribution is 2.26. The molecule has 18 heavy (non-hydrogen) atoms. The fraction of sp³-hybridized carbons (Fsp3) is 0.545. The van der Waals surface area contributed by atoms with E-state index in [2.05, 4.69) is 0 Å². The van der Waals surface area contributed by atoms with Crippen LogP contribution in [0.3, 0.4) is 0 Å². The topological polar surface area (TPSA) is 54.5 Å². The monoisotopic (exact) mass is 307 g/mol. The van der Waals surface area contributed by atoms with E-state index in [1.807, 2.05) is 6.92 Å². The average Bonchev–Trinajstić information content (AvgIpc) is 2.77. The summed E-state index contributed by atoms with van der Waals surface area (Å²) in [4.78, 5) is 14.0. The van der Waals surface area contributed by atoms with Crippen molar-refractivity contribution in [1.29, 1.82) is 0 Å². The van der Waals surface area contributed by atoms with Crippen molar-refractivity contribution in [2.45, 2.75) is 36.4 Å². The first kappa shape index (κ1) is 13.8. The molecule has 1 aliphatic rings. The number of hydrogen-bond donors (Lipinski definition) is 0. The molecular weight excluding hydrogens is 294 g/mol. The maximum atomic E-state index is 12.2. The lowest BCUT2D eigenvalue weighted by molar-refractivity contribution is 0.0636. The van der Waals surface area contributed by atoms with Gasteiger partial charge in [-0.2, -0.15) is 0 Å². The minimum absolute atomic E-state index is 0.0252. The molecular formula is C11H14ClNO3S2. The minimum atomic E-state index is -3.74. The molecule has 0 spiro atoms. The Kier molecular flexibility index (Phi) is 3.99. The molecule has 1 aromatic rings. The molecule has 0 aliphatic carbocycles. The summed E-state index contributed by atoms with van der Waals surface area (Å²) in [5.41, 5.74) is 0.410. The van der Waals surface area contributed by atoms with E-state index in [0.717, 1.165) is 37.1 Å². The number of carbonyl (C=O) groups is 1. The average molecular weight is 308 g/mol. The lowest BCUT2D eigenvalue weighted by Crippen LogP contribution is -2.41. The summed E-state index contributed by atoms with van der Waals surface area (Å²) >= 11 is 0.983. The van der Waals surface area contributed by atoms with Gasteiger partial charge in [0.2, 0.25) is 0 Å². The van der Waals surface area contributed by atoms with Crippen molar-refractivity contribution in [2.75, 3.05) is 6.54 Å². The SMILES string of the molecule is CC1CCCCN1C(=O)c1csc(S(=O)(=O)Cl)c1. The smallest absolute Gasteiger partial charge is 0.270 e.